The van der Waals surface area contributed by atoms with Crippen molar-refractivity contribution in [3.8, 4) is 5.75 Å². The molecule has 0 bridgehead atoms. The fraction of sp³-hybridized carbons (Fsp3) is 0.143. The minimum absolute atomic E-state index is 0.252. The molecule has 1 N–H and O–H groups in total. The standard InChI is InChI=1S/C14H15N3O2/c1-3-10-19-12-7-5-4-6-11(12)14(18)15-13-8-9-17(2)16-13/h3-9H,1,10H2,2H3,(H,15,16,18). The number of anilines is 1. The van der Waals surface area contributed by atoms with Crippen LogP contribution in [0.5, 0.6) is 5.75 Å². The molecule has 0 aliphatic heterocycles. The van der Waals surface area contributed by atoms with Gasteiger partial charge in [0.1, 0.15) is 12.4 Å². The fourth-order valence-corrected chi connectivity index (χ4v) is 1.59. The number of aromatic nitrogens is 2. The smallest absolute Gasteiger partial charge is 0.260 e. The van der Waals surface area contributed by atoms with Crippen LogP contribution in [0.25, 0.3) is 0 Å². The van der Waals surface area contributed by atoms with E-state index in [1.807, 2.05) is 6.07 Å². The van der Waals surface area contributed by atoms with Gasteiger partial charge >= 0.3 is 0 Å². The Hall–Kier alpha value is -2.56. The predicted octanol–water partition coefficient (Wildman–Crippen LogP) is 2.24. The van der Waals surface area contributed by atoms with E-state index in [-0.39, 0.29) is 5.91 Å². The zero-order valence-corrected chi connectivity index (χ0v) is 10.7. The van der Waals surface area contributed by atoms with E-state index in [0.29, 0.717) is 23.7 Å². The molecule has 1 heterocycles. The maximum Gasteiger partial charge on any atom is 0.260 e. The van der Waals surface area contributed by atoms with E-state index in [9.17, 15) is 4.79 Å². The second-order valence-electron chi connectivity index (χ2n) is 3.92. The molecule has 5 heteroatoms. The highest BCUT2D eigenvalue weighted by atomic mass is 16.5. The monoisotopic (exact) mass is 257 g/mol. The molecule has 5 nitrogen and oxygen atoms in total. The molecular formula is C14H15N3O2. The number of carbonyl (C=O) groups is 1. The number of amides is 1. The largest absolute Gasteiger partial charge is 0.489 e. The summed E-state index contributed by atoms with van der Waals surface area (Å²) in [7, 11) is 1.79. The average molecular weight is 257 g/mol. The molecule has 1 amide bonds. The molecule has 0 aliphatic carbocycles. The highest BCUT2D eigenvalue weighted by molar-refractivity contribution is 6.05. The van der Waals surface area contributed by atoms with E-state index in [4.69, 9.17) is 4.74 Å². The zero-order chi connectivity index (χ0) is 13.7. The van der Waals surface area contributed by atoms with Crippen molar-refractivity contribution >= 4 is 11.7 Å². The third-order valence-electron chi connectivity index (χ3n) is 2.44. The minimum atomic E-state index is -0.252. The molecule has 2 aromatic rings. The summed E-state index contributed by atoms with van der Waals surface area (Å²) in [5.74, 6) is 0.778. The molecule has 0 radical (unpaired) electrons. The summed E-state index contributed by atoms with van der Waals surface area (Å²) in [6.45, 7) is 3.94. The van der Waals surface area contributed by atoms with Crippen LogP contribution >= 0.6 is 0 Å². The lowest BCUT2D eigenvalue weighted by Gasteiger charge is -2.09. The number of ether oxygens (including phenoxy) is 1. The van der Waals surface area contributed by atoms with Crippen molar-refractivity contribution in [1.29, 1.82) is 0 Å². The van der Waals surface area contributed by atoms with Gasteiger partial charge in [-0.2, -0.15) is 5.10 Å². The van der Waals surface area contributed by atoms with Crippen LogP contribution in [0, 0.1) is 0 Å². The van der Waals surface area contributed by atoms with Gasteiger partial charge in [-0.1, -0.05) is 24.8 Å². The van der Waals surface area contributed by atoms with Crippen LogP contribution in [0.1, 0.15) is 10.4 Å². The number of aryl methyl sites for hydroxylation is 1. The van der Waals surface area contributed by atoms with Gasteiger partial charge in [0.25, 0.3) is 5.91 Å². The van der Waals surface area contributed by atoms with Crippen molar-refractivity contribution in [2.75, 3.05) is 11.9 Å². The SMILES string of the molecule is C=CCOc1ccccc1C(=O)Nc1ccn(C)n1. The molecule has 19 heavy (non-hydrogen) atoms. The second-order valence-corrected chi connectivity index (χ2v) is 3.92. The number of benzene rings is 1. The van der Waals surface area contributed by atoms with Crippen molar-refractivity contribution in [2.45, 2.75) is 0 Å². The zero-order valence-electron chi connectivity index (χ0n) is 10.7. The van der Waals surface area contributed by atoms with Gasteiger partial charge in [0.15, 0.2) is 5.82 Å². The van der Waals surface area contributed by atoms with Crippen LogP contribution in [-0.2, 0) is 7.05 Å². The Bertz CT molecular complexity index is 590. The maximum absolute atomic E-state index is 12.1. The first-order chi connectivity index (χ1) is 9.20. The fourth-order valence-electron chi connectivity index (χ4n) is 1.59. The van der Waals surface area contributed by atoms with Gasteiger partial charge in [0, 0.05) is 19.3 Å². The molecule has 1 aromatic carbocycles. The van der Waals surface area contributed by atoms with Crippen molar-refractivity contribution in [1.82, 2.24) is 9.78 Å². The van der Waals surface area contributed by atoms with Crippen molar-refractivity contribution < 1.29 is 9.53 Å². The van der Waals surface area contributed by atoms with Crippen LogP contribution in [0.15, 0.2) is 49.2 Å². The van der Waals surface area contributed by atoms with Crippen LogP contribution in [0.2, 0.25) is 0 Å². The molecule has 0 aliphatic rings. The lowest BCUT2D eigenvalue weighted by Crippen LogP contribution is -2.14. The molecule has 0 fully saturated rings. The second kappa shape index (κ2) is 5.86. The van der Waals surface area contributed by atoms with Gasteiger partial charge in [-0.05, 0) is 12.1 Å². The summed E-state index contributed by atoms with van der Waals surface area (Å²) in [6.07, 6.45) is 3.39. The molecule has 98 valence electrons. The van der Waals surface area contributed by atoms with Gasteiger partial charge in [-0.25, -0.2) is 0 Å². The van der Waals surface area contributed by atoms with E-state index in [0.717, 1.165) is 0 Å². The highest BCUT2D eigenvalue weighted by Gasteiger charge is 2.12. The molecule has 1 aromatic heterocycles. The summed E-state index contributed by atoms with van der Waals surface area (Å²) in [5, 5.41) is 6.81. The van der Waals surface area contributed by atoms with Crippen LogP contribution < -0.4 is 10.1 Å². The van der Waals surface area contributed by atoms with Gasteiger partial charge in [-0.3, -0.25) is 9.48 Å². The summed E-state index contributed by atoms with van der Waals surface area (Å²) < 4.78 is 7.07. The number of carbonyl (C=O) groups excluding carboxylic acids is 1. The number of para-hydroxylation sites is 1. The van der Waals surface area contributed by atoms with Gasteiger partial charge in [-0.15, -0.1) is 0 Å². The van der Waals surface area contributed by atoms with E-state index in [1.54, 1.807) is 48.3 Å². The first kappa shape index (κ1) is 12.9. The highest BCUT2D eigenvalue weighted by Crippen LogP contribution is 2.19. The third kappa shape index (κ3) is 3.22. The summed E-state index contributed by atoms with van der Waals surface area (Å²) in [5.41, 5.74) is 0.468. The van der Waals surface area contributed by atoms with Crippen LogP contribution in [0.3, 0.4) is 0 Å². The number of nitrogens with zero attached hydrogens (tertiary/aromatic N) is 2. The van der Waals surface area contributed by atoms with Crippen LogP contribution in [0.4, 0.5) is 5.82 Å². The Morgan fingerprint density at radius 2 is 2.26 bits per heavy atom. The van der Waals surface area contributed by atoms with E-state index in [1.165, 1.54) is 0 Å². The van der Waals surface area contributed by atoms with Gasteiger partial charge < -0.3 is 10.1 Å². The first-order valence-corrected chi connectivity index (χ1v) is 5.84. The number of rotatable bonds is 5. The molecule has 0 unspecified atom stereocenters. The Labute approximate surface area is 111 Å². The maximum atomic E-state index is 12.1. The van der Waals surface area contributed by atoms with Gasteiger partial charge in [0.2, 0.25) is 0 Å². The predicted molar refractivity (Wildman–Crippen MR) is 73.3 cm³/mol. The van der Waals surface area contributed by atoms with E-state index >= 15 is 0 Å². The Kier molecular flexibility index (Phi) is 3.97. The Balaban J connectivity index is 2.16. The minimum Gasteiger partial charge on any atom is -0.489 e. The van der Waals surface area contributed by atoms with Crippen molar-refractivity contribution in [3.63, 3.8) is 0 Å². The Morgan fingerprint density at radius 3 is 2.95 bits per heavy atom. The van der Waals surface area contributed by atoms with Gasteiger partial charge in [0.05, 0.1) is 5.56 Å². The van der Waals surface area contributed by atoms with Crippen LogP contribution in [-0.4, -0.2) is 22.3 Å². The molecule has 0 saturated carbocycles. The molecule has 0 atom stereocenters. The lowest BCUT2D eigenvalue weighted by atomic mass is 10.2. The molecular weight excluding hydrogens is 242 g/mol. The molecule has 0 spiro atoms. The number of hydrogen-bond donors (Lipinski definition) is 1. The Morgan fingerprint density at radius 1 is 1.47 bits per heavy atom. The van der Waals surface area contributed by atoms with E-state index < -0.39 is 0 Å². The first-order valence-electron chi connectivity index (χ1n) is 5.84. The summed E-state index contributed by atoms with van der Waals surface area (Å²) in [4.78, 5) is 12.1. The molecule has 0 saturated heterocycles. The average Bonchev–Trinajstić information content (AvgIpc) is 2.82. The molecule has 2 rings (SSSR count). The number of nitrogens with one attached hydrogen (secondary N) is 1. The summed E-state index contributed by atoms with van der Waals surface area (Å²) >= 11 is 0. The topological polar surface area (TPSA) is 56.1 Å². The summed E-state index contributed by atoms with van der Waals surface area (Å²) in [6, 6.07) is 8.78. The normalized spacial score (nSPS) is 9.95. The third-order valence-corrected chi connectivity index (χ3v) is 2.44. The van der Waals surface area contributed by atoms with Crippen molar-refractivity contribution in [2.24, 2.45) is 7.05 Å². The van der Waals surface area contributed by atoms with E-state index in [2.05, 4.69) is 17.0 Å². The van der Waals surface area contributed by atoms with Crippen molar-refractivity contribution in [3.05, 3.63) is 54.7 Å². The quantitative estimate of drug-likeness (QED) is 0.836. The lowest BCUT2D eigenvalue weighted by molar-refractivity contribution is 0.102. The number of hydrogen-bond acceptors (Lipinski definition) is 3.